The molecule has 1 atom stereocenters. The summed E-state index contributed by atoms with van der Waals surface area (Å²) < 4.78 is 10.4. The van der Waals surface area contributed by atoms with Crippen molar-refractivity contribution in [1.82, 2.24) is 5.32 Å². The van der Waals surface area contributed by atoms with Crippen LogP contribution in [-0.4, -0.2) is 32.9 Å². The summed E-state index contributed by atoms with van der Waals surface area (Å²) in [5.74, 6) is 1.01. The third-order valence-corrected chi connectivity index (χ3v) is 2.96. The van der Waals surface area contributed by atoms with Crippen molar-refractivity contribution in [1.29, 1.82) is 0 Å². The van der Waals surface area contributed by atoms with E-state index in [4.69, 9.17) is 21.1 Å². The Morgan fingerprint density at radius 3 is 2.53 bits per heavy atom. The Morgan fingerprint density at radius 2 is 2.06 bits per heavy atom. The minimum absolute atomic E-state index is 0.395. The average molecular weight is 260 g/mol. The second kappa shape index (κ2) is 6.10. The first kappa shape index (κ1) is 14.1. The molecule has 0 heterocycles. The van der Waals surface area contributed by atoms with Crippen molar-refractivity contribution in [3.63, 3.8) is 0 Å². The lowest BCUT2D eigenvalue weighted by Crippen LogP contribution is -2.18. The van der Waals surface area contributed by atoms with Gasteiger partial charge in [0.1, 0.15) is 0 Å². The van der Waals surface area contributed by atoms with E-state index < -0.39 is 6.10 Å². The van der Waals surface area contributed by atoms with Gasteiger partial charge in [-0.3, -0.25) is 0 Å². The molecule has 17 heavy (non-hydrogen) atoms. The molecule has 1 aromatic rings. The first-order valence-electron chi connectivity index (χ1n) is 5.30. The summed E-state index contributed by atoms with van der Waals surface area (Å²) in [6, 6.07) is 1.80. The summed E-state index contributed by atoms with van der Waals surface area (Å²) in [6.45, 7) is 2.30. The number of methoxy groups -OCH3 is 2. The lowest BCUT2D eigenvalue weighted by Gasteiger charge is -2.19. The number of hydrogen-bond donors (Lipinski definition) is 2. The number of rotatable bonds is 5. The molecule has 0 saturated heterocycles. The van der Waals surface area contributed by atoms with Crippen molar-refractivity contribution in [3.8, 4) is 11.5 Å². The summed E-state index contributed by atoms with van der Waals surface area (Å²) in [4.78, 5) is 0. The maximum Gasteiger partial charge on any atom is 0.179 e. The highest BCUT2D eigenvalue weighted by molar-refractivity contribution is 6.33. The van der Waals surface area contributed by atoms with Gasteiger partial charge in [0.25, 0.3) is 0 Å². The molecule has 5 heteroatoms. The van der Waals surface area contributed by atoms with Crippen LogP contribution in [0.2, 0.25) is 5.02 Å². The molecule has 0 fully saturated rings. The second-order valence-electron chi connectivity index (χ2n) is 3.73. The van der Waals surface area contributed by atoms with Gasteiger partial charge in [-0.2, -0.15) is 0 Å². The molecule has 0 aliphatic rings. The quantitative estimate of drug-likeness (QED) is 0.848. The summed E-state index contributed by atoms with van der Waals surface area (Å²) in [6.07, 6.45) is -0.674. The van der Waals surface area contributed by atoms with E-state index in [1.807, 2.05) is 6.92 Å². The molecule has 1 aromatic carbocycles. The maximum atomic E-state index is 10.0. The van der Waals surface area contributed by atoms with Crippen LogP contribution < -0.4 is 14.8 Å². The normalized spacial score (nSPS) is 12.4. The van der Waals surface area contributed by atoms with Crippen molar-refractivity contribution in [2.75, 3.05) is 27.8 Å². The molecule has 1 rings (SSSR count). The molecule has 0 radical (unpaired) electrons. The van der Waals surface area contributed by atoms with Crippen LogP contribution in [0.4, 0.5) is 0 Å². The minimum atomic E-state index is -0.674. The number of nitrogens with one attached hydrogen (secondary N) is 1. The fraction of sp³-hybridized carbons (Fsp3) is 0.500. The molecule has 4 nitrogen and oxygen atoms in total. The van der Waals surface area contributed by atoms with Crippen LogP contribution in [0.15, 0.2) is 6.07 Å². The standard InChI is InChI=1S/C12H18ClNO3/c1-7-5-9(16-3)12(17-4)11(13)10(7)8(15)6-14-2/h5,8,14-15H,6H2,1-4H3. The first-order valence-corrected chi connectivity index (χ1v) is 5.68. The van der Waals surface area contributed by atoms with Crippen LogP contribution >= 0.6 is 11.6 Å². The van der Waals surface area contributed by atoms with Crippen LogP contribution in [0.3, 0.4) is 0 Å². The molecule has 2 N–H and O–H groups in total. The van der Waals surface area contributed by atoms with Crippen LogP contribution in [0, 0.1) is 6.92 Å². The van der Waals surface area contributed by atoms with E-state index in [-0.39, 0.29) is 0 Å². The molecule has 0 aliphatic heterocycles. The van der Waals surface area contributed by atoms with Crippen molar-refractivity contribution in [2.24, 2.45) is 0 Å². The van der Waals surface area contributed by atoms with Crippen LogP contribution in [0.5, 0.6) is 11.5 Å². The van der Waals surface area contributed by atoms with Gasteiger partial charge in [-0.15, -0.1) is 0 Å². The van der Waals surface area contributed by atoms with E-state index in [1.165, 1.54) is 7.11 Å². The zero-order valence-corrected chi connectivity index (χ0v) is 11.3. The first-order chi connectivity index (χ1) is 8.06. The highest BCUT2D eigenvalue weighted by Gasteiger charge is 2.21. The smallest absolute Gasteiger partial charge is 0.179 e. The predicted molar refractivity (Wildman–Crippen MR) is 68.2 cm³/mol. The van der Waals surface area contributed by atoms with Gasteiger partial charge in [0.15, 0.2) is 11.5 Å². The zero-order chi connectivity index (χ0) is 13.0. The van der Waals surface area contributed by atoms with Crippen molar-refractivity contribution in [3.05, 3.63) is 22.2 Å². The zero-order valence-electron chi connectivity index (χ0n) is 10.5. The Kier molecular flexibility index (Phi) is 5.05. The van der Waals surface area contributed by atoms with Crippen molar-refractivity contribution >= 4 is 11.6 Å². The number of hydrogen-bond acceptors (Lipinski definition) is 4. The summed E-state index contributed by atoms with van der Waals surface area (Å²) >= 11 is 6.24. The third kappa shape index (κ3) is 2.83. The monoisotopic (exact) mass is 259 g/mol. The number of benzene rings is 1. The Balaban J connectivity index is 3.31. The van der Waals surface area contributed by atoms with Crippen LogP contribution in [0.25, 0.3) is 0 Å². The molecule has 0 aromatic heterocycles. The number of ether oxygens (including phenoxy) is 2. The topological polar surface area (TPSA) is 50.7 Å². The highest BCUT2D eigenvalue weighted by Crippen LogP contribution is 2.41. The lowest BCUT2D eigenvalue weighted by atomic mass is 10.0. The lowest BCUT2D eigenvalue weighted by molar-refractivity contribution is 0.176. The van der Waals surface area contributed by atoms with Gasteiger partial charge >= 0.3 is 0 Å². The average Bonchev–Trinajstić information content (AvgIpc) is 2.28. The summed E-state index contributed by atoms with van der Waals surface area (Å²) in [5, 5.41) is 13.3. The number of aliphatic hydroxyl groups is 1. The van der Waals surface area contributed by atoms with Crippen LogP contribution in [0.1, 0.15) is 17.2 Å². The molecule has 0 bridgehead atoms. The molecular formula is C12H18ClNO3. The van der Waals surface area contributed by atoms with E-state index in [2.05, 4.69) is 5.32 Å². The number of halogens is 1. The van der Waals surface area contributed by atoms with Crippen molar-refractivity contribution in [2.45, 2.75) is 13.0 Å². The molecule has 1 unspecified atom stereocenters. The fourth-order valence-corrected chi connectivity index (χ4v) is 2.24. The second-order valence-corrected chi connectivity index (χ2v) is 4.11. The molecule has 0 saturated carbocycles. The third-order valence-electron chi connectivity index (χ3n) is 2.59. The Labute approximate surface area is 106 Å². The molecule has 0 aliphatic carbocycles. The number of aliphatic hydroxyl groups excluding tert-OH is 1. The molecule has 0 spiro atoms. The van der Waals surface area contributed by atoms with Gasteiger partial charge in [-0.1, -0.05) is 11.6 Å². The van der Waals surface area contributed by atoms with Gasteiger partial charge in [0.05, 0.1) is 25.3 Å². The van der Waals surface area contributed by atoms with Crippen molar-refractivity contribution < 1.29 is 14.6 Å². The molecular weight excluding hydrogens is 242 g/mol. The van der Waals surface area contributed by atoms with Gasteiger partial charge in [0.2, 0.25) is 0 Å². The van der Waals surface area contributed by atoms with Crippen LogP contribution in [-0.2, 0) is 0 Å². The SMILES string of the molecule is CNCC(O)c1c(C)cc(OC)c(OC)c1Cl. The Hall–Kier alpha value is -0.970. The molecule has 0 amide bonds. The van der Waals surface area contributed by atoms with E-state index >= 15 is 0 Å². The fourth-order valence-electron chi connectivity index (χ4n) is 1.79. The number of likely N-dealkylation sites (N-methyl/N-ethyl adjacent to an activating group) is 1. The van der Waals surface area contributed by atoms with E-state index in [1.54, 1.807) is 20.2 Å². The van der Waals surface area contributed by atoms with Gasteiger partial charge < -0.3 is 19.9 Å². The minimum Gasteiger partial charge on any atom is -0.493 e. The highest BCUT2D eigenvalue weighted by atomic mass is 35.5. The Morgan fingerprint density at radius 1 is 1.41 bits per heavy atom. The summed E-state index contributed by atoms with van der Waals surface area (Å²) in [5.41, 5.74) is 1.54. The van der Waals surface area contributed by atoms with E-state index in [0.717, 1.165) is 5.56 Å². The maximum absolute atomic E-state index is 10.0. The number of aryl methyl sites for hydroxylation is 1. The summed E-state index contributed by atoms with van der Waals surface area (Å²) in [7, 11) is 4.85. The Bertz CT molecular complexity index is 396. The van der Waals surface area contributed by atoms with Gasteiger partial charge in [-0.25, -0.2) is 0 Å². The van der Waals surface area contributed by atoms with E-state index in [9.17, 15) is 5.11 Å². The van der Waals surface area contributed by atoms with E-state index in [0.29, 0.717) is 28.6 Å². The van der Waals surface area contributed by atoms with Gasteiger partial charge in [0, 0.05) is 12.1 Å². The van der Waals surface area contributed by atoms with Gasteiger partial charge in [-0.05, 0) is 25.6 Å². The molecule has 96 valence electrons. The predicted octanol–water partition coefficient (Wildman–Crippen LogP) is 1.92. The largest absolute Gasteiger partial charge is 0.493 e.